The van der Waals surface area contributed by atoms with Crippen molar-refractivity contribution in [3.05, 3.63) is 50.4 Å². The van der Waals surface area contributed by atoms with E-state index in [0.717, 1.165) is 24.8 Å². The van der Waals surface area contributed by atoms with Gasteiger partial charge in [0.05, 0.1) is 24.2 Å². The molecule has 0 atom stereocenters. The molecular formula is C17H19Cl2N3O2. The fourth-order valence-electron chi connectivity index (χ4n) is 2.83. The number of hydrogen-bond donors (Lipinski definition) is 1. The number of halogens is 2. The van der Waals surface area contributed by atoms with E-state index in [1.807, 2.05) is 17.9 Å². The minimum absolute atomic E-state index is 0.00346. The molecule has 0 bridgehead atoms. The first kappa shape index (κ1) is 17.3. The van der Waals surface area contributed by atoms with E-state index in [-0.39, 0.29) is 11.6 Å². The minimum atomic E-state index is -0.392. The zero-order valence-corrected chi connectivity index (χ0v) is 14.9. The number of anilines is 1. The zero-order chi connectivity index (χ0) is 17.3. The van der Waals surface area contributed by atoms with E-state index >= 15 is 0 Å². The van der Waals surface area contributed by atoms with Crippen LogP contribution in [0.25, 0.3) is 5.69 Å². The lowest BCUT2D eigenvalue weighted by Gasteiger charge is -2.39. The molecule has 0 spiro atoms. The van der Waals surface area contributed by atoms with E-state index in [1.54, 1.807) is 18.3 Å². The van der Waals surface area contributed by atoms with Gasteiger partial charge >= 0.3 is 0 Å². The van der Waals surface area contributed by atoms with Crippen LogP contribution in [0.5, 0.6) is 0 Å². The highest BCUT2D eigenvalue weighted by Crippen LogP contribution is 2.32. The summed E-state index contributed by atoms with van der Waals surface area (Å²) in [6.45, 7) is 2.33. The van der Waals surface area contributed by atoms with Crippen LogP contribution in [-0.4, -0.2) is 34.1 Å². The lowest BCUT2D eigenvalue weighted by atomic mass is 9.91. The van der Waals surface area contributed by atoms with Crippen molar-refractivity contribution in [2.24, 2.45) is 0 Å². The molecule has 0 unspecified atom stereocenters. The van der Waals surface area contributed by atoms with Crippen LogP contribution < -0.4 is 10.5 Å². The molecule has 7 heteroatoms. The van der Waals surface area contributed by atoms with Crippen molar-refractivity contribution in [1.29, 1.82) is 0 Å². The van der Waals surface area contributed by atoms with Gasteiger partial charge in [0.25, 0.3) is 5.56 Å². The monoisotopic (exact) mass is 367 g/mol. The Morgan fingerprint density at radius 2 is 2.12 bits per heavy atom. The predicted molar refractivity (Wildman–Crippen MR) is 96.7 cm³/mol. The van der Waals surface area contributed by atoms with Crippen molar-refractivity contribution in [3.63, 3.8) is 0 Å². The van der Waals surface area contributed by atoms with Gasteiger partial charge in [-0.25, -0.2) is 0 Å². The molecule has 1 aliphatic carbocycles. The van der Waals surface area contributed by atoms with Crippen molar-refractivity contribution in [2.45, 2.75) is 32.2 Å². The van der Waals surface area contributed by atoms with E-state index in [0.29, 0.717) is 29.0 Å². The number of benzene rings is 1. The average Bonchev–Trinajstić information content (AvgIpc) is 2.51. The van der Waals surface area contributed by atoms with Gasteiger partial charge < -0.3 is 10.0 Å². The number of nitrogens with zero attached hydrogens (tertiary/aromatic N) is 3. The van der Waals surface area contributed by atoms with Crippen LogP contribution in [0.2, 0.25) is 10.0 Å². The second-order valence-electron chi connectivity index (χ2n) is 6.00. The highest BCUT2D eigenvalue weighted by atomic mass is 35.5. The maximum Gasteiger partial charge on any atom is 0.292 e. The van der Waals surface area contributed by atoms with Crippen LogP contribution in [0.1, 0.15) is 24.8 Å². The van der Waals surface area contributed by atoms with Gasteiger partial charge in [0, 0.05) is 17.6 Å². The largest absolute Gasteiger partial charge is 0.395 e. The lowest BCUT2D eigenvalue weighted by Crippen LogP contribution is -2.43. The molecule has 128 valence electrons. The second kappa shape index (κ2) is 7.13. The van der Waals surface area contributed by atoms with Crippen LogP contribution in [0.4, 0.5) is 5.69 Å². The molecule has 1 N–H and O–H groups in total. The molecule has 2 aromatic rings. The van der Waals surface area contributed by atoms with Gasteiger partial charge in [-0.3, -0.25) is 4.79 Å². The van der Waals surface area contributed by atoms with E-state index in [4.69, 9.17) is 23.2 Å². The van der Waals surface area contributed by atoms with E-state index < -0.39 is 5.56 Å². The van der Waals surface area contributed by atoms with Crippen molar-refractivity contribution in [1.82, 2.24) is 9.78 Å². The molecule has 0 aliphatic heterocycles. The second-order valence-corrected chi connectivity index (χ2v) is 6.78. The fraction of sp³-hybridized carbons (Fsp3) is 0.412. The first-order valence-corrected chi connectivity index (χ1v) is 8.70. The predicted octanol–water partition coefficient (Wildman–Crippen LogP) is 3.20. The third-order valence-corrected chi connectivity index (χ3v) is 5.23. The molecule has 0 radical (unpaired) electrons. The van der Waals surface area contributed by atoms with Gasteiger partial charge in [0.1, 0.15) is 5.02 Å². The molecule has 0 amide bonds. The third-order valence-electron chi connectivity index (χ3n) is 4.47. The van der Waals surface area contributed by atoms with Crippen LogP contribution in [0.3, 0.4) is 0 Å². The zero-order valence-electron chi connectivity index (χ0n) is 13.4. The quantitative estimate of drug-likeness (QED) is 0.881. The topological polar surface area (TPSA) is 58.4 Å². The van der Waals surface area contributed by atoms with Crippen LogP contribution in [0.15, 0.2) is 29.2 Å². The summed E-state index contributed by atoms with van der Waals surface area (Å²) in [7, 11) is 0. The Balaban J connectivity index is 2.01. The maximum absolute atomic E-state index is 12.7. The van der Waals surface area contributed by atoms with Crippen molar-refractivity contribution in [2.75, 3.05) is 18.1 Å². The summed E-state index contributed by atoms with van der Waals surface area (Å²) in [5.74, 6) is 0. The first-order valence-electron chi connectivity index (χ1n) is 7.94. The van der Waals surface area contributed by atoms with Gasteiger partial charge in [-0.2, -0.15) is 9.78 Å². The highest BCUT2D eigenvalue weighted by molar-refractivity contribution is 6.33. The average molecular weight is 368 g/mol. The summed E-state index contributed by atoms with van der Waals surface area (Å²) in [4.78, 5) is 14.6. The minimum Gasteiger partial charge on any atom is -0.395 e. The SMILES string of the molecule is Cc1ccc(-n2ncc(N(CCO)C3CCC3)c(Cl)c2=O)cc1Cl. The summed E-state index contributed by atoms with van der Waals surface area (Å²) < 4.78 is 1.25. The Morgan fingerprint density at radius 1 is 1.38 bits per heavy atom. The van der Waals surface area contributed by atoms with E-state index in [9.17, 15) is 9.90 Å². The number of aromatic nitrogens is 2. The molecular weight excluding hydrogens is 349 g/mol. The molecule has 1 aromatic carbocycles. The van der Waals surface area contributed by atoms with Crippen LogP contribution in [0, 0.1) is 6.92 Å². The Bertz CT molecular complexity index is 803. The molecule has 5 nitrogen and oxygen atoms in total. The molecule has 1 saturated carbocycles. The molecule has 1 fully saturated rings. The number of hydrogen-bond acceptors (Lipinski definition) is 4. The van der Waals surface area contributed by atoms with Crippen molar-refractivity contribution < 1.29 is 5.11 Å². The van der Waals surface area contributed by atoms with Gasteiger partial charge in [0.2, 0.25) is 0 Å². The molecule has 0 saturated heterocycles. The number of aliphatic hydroxyl groups is 1. The van der Waals surface area contributed by atoms with E-state index in [2.05, 4.69) is 5.10 Å². The van der Waals surface area contributed by atoms with Crippen molar-refractivity contribution >= 4 is 28.9 Å². The van der Waals surface area contributed by atoms with Crippen molar-refractivity contribution in [3.8, 4) is 5.69 Å². The summed E-state index contributed by atoms with van der Waals surface area (Å²) in [6, 6.07) is 5.61. The molecule has 3 rings (SSSR count). The third kappa shape index (κ3) is 3.16. The maximum atomic E-state index is 12.7. The standard InChI is InChI=1S/C17H19Cl2N3O2/c1-11-5-6-13(9-14(11)18)22-17(24)16(19)15(10-20-22)21(7-8-23)12-3-2-4-12/h5-6,9-10,12,23H,2-4,7-8H2,1H3. The fourth-order valence-corrected chi connectivity index (χ4v) is 3.24. The Kier molecular flexibility index (Phi) is 5.13. The highest BCUT2D eigenvalue weighted by Gasteiger charge is 2.27. The normalized spacial score (nSPS) is 14.5. The number of aliphatic hydroxyl groups excluding tert-OH is 1. The number of aryl methyl sites for hydroxylation is 1. The van der Waals surface area contributed by atoms with Gasteiger partial charge in [0.15, 0.2) is 0 Å². The molecule has 1 aromatic heterocycles. The molecule has 1 aliphatic rings. The van der Waals surface area contributed by atoms with Gasteiger partial charge in [-0.05, 0) is 43.9 Å². The lowest BCUT2D eigenvalue weighted by molar-refractivity contribution is 0.283. The molecule has 1 heterocycles. The van der Waals surface area contributed by atoms with Gasteiger partial charge in [-0.15, -0.1) is 0 Å². The molecule has 24 heavy (non-hydrogen) atoms. The summed E-state index contributed by atoms with van der Waals surface area (Å²) in [6.07, 6.45) is 4.81. The number of rotatable bonds is 5. The Hall–Kier alpha value is -1.56. The first-order chi connectivity index (χ1) is 11.5. The summed E-state index contributed by atoms with van der Waals surface area (Å²) >= 11 is 12.5. The van der Waals surface area contributed by atoms with Crippen LogP contribution >= 0.6 is 23.2 Å². The van der Waals surface area contributed by atoms with E-state index in [1.165, 1.54) is 4.68 Å². The Labute approximate surface area is 150 Å². The Morgan fingerprint density at radius 3 is 2.71 bits per heavy atom. The van der Waals surface area contributed by atoms with Crippen LogP contribution in [-0.2, 0) is 0 Å². The summed E-state index contributed by atoms with van der Waals surface area (Å²) in [5.41, 5.74) is 1.68. The van der Waals surface area contributed by atoms with Gasteiger partial charge in [-0.1, -0.05) is 29.3 Å². The summed E-state index contributed by atoms with van der Waals surface area (Å²) in [5, 5.41) is 14.3. The smallest absolute Gasteiger partial charge is 0.292 e.